The summed E-state index contributed by atoms with van der Waals surface area (Å²) in [6.45, 7) is 4.07. The van der Waals surface area contributed by atoms with Crippen molar-refractivity contribution in [2.24, 2.45) is 5.92 Å². The maximum atomic E-state index is 15.1. The Morgan fingerprint density at radius 1 is 1.40 bits per heavy atom. The molecule has 1 unspecified atom stereocenters. The molecule has 2 aromatic heterocycles. The number of hydrogen-bond donors (Lipinski definition) is 1. The smallest absolute Gasteiger partial charge is 0.257 e. The van der Waals surface area contributed by atoms with Gasteiger partial charge in [-0.25, -0.2) is 14.1 Å². The van der Waals surface area contributed by atoms with Crippen LogP contribution in [-0.2, 0) is 12.8 Å². The summed E-state index contributed by atoms with van der Waals surface area (Å²) in [7, 11) is 0. The molecule has 9 heteroatoms. The average Bonchev–Trinajstić information content (AvgIpc) is 3.35. The van der Waals surface area contributed by atoms with E-state index in [-0.39, 0.29) is 37.4 Å². The van der Waals surface area contributed by atoms with Crippen molar-refractivity contribution in [3.8, 4) is 12.0 Å². The number of carbonyl (C=O) groups excluding carboxylic acids is 1. The fraction of sp³-hybridized carbons (Fsp3) is 0.571. The van der Waals surface area contributed by atoms with Gasteiger partial charge in [-0.3, -0.25) is 14.6 Å². The van der Waals surface area contributed by atoms with E-state index in [0.717, 1.165) is 30.5 Å². The van der Waals surface area contributed by atoms with Crippen LogP contribution in [0.3, 0.4) is 0 Å². The molecule has 3 heterocycles. The minimum absolute atomic E-state index is 0.150. The SMILES string of the molecule is CCC(C#N)C1(F)CCN(C(=O)c2cnn(-c3nc4c(c(=O)[nH]3)CCC4)c2C)CC1. The minimum Gasteiger partial charge on any atom is -0.338 e. The van der Waals surface area contributed by atoms with Crippen molar-refractivity contribution in [3.05, 3.63) is 39.1 Å². The van der Waals surface area contributed by atoms with E-state index in [4.69, 9.17) is 0 Å². The van der Waals surface area contributed by atoms with Crippen molar-refractivity contribution < 1.29 is 9.18 Å². The first-order valence-electron chi connectivity index (χ1n) is 10.4. The Kier molecular flexibility index (Phi) is 5.18. The molecular weight excluding hydrogens is 387 g/mol. The molecule has 1 saturated heterocycles. The fourth-order valence-electron chi connectivity index (χ4n) is 4.54. The summed E-state index contributed by atoms with van der Waals surface area (Å²) >= 11 is 0. The minimum atomic E-state index is -1.55. The number of nitrogens with one attached hydrogen (secondary N) is 1. The molecule has 1 aliphatic heterocycles. The van der Waals surface area contributed by atoms with Crippen molar-refractivity contribution in [2.75, 3.05) is 13.1 Å². The molecule has 1 N–H and O–H groups in total. The number of nitriles is 1. The molecule has 1 aliphatic carbocycles. The Labute approximate surface area is 173 Å². The van der Waals surface area contributed by atoms with Gasteiger partial charge in [-0.15, -0.1) is 0 Å². The molecule has 8 nitrogen and oxygen atoms in total. The van der Waals surface area contributed by atoms with Gasteiger partial charge in [0.2, 0.25) is 5.95 Å². The maximum Gasteiger partial charge on any atom is 0.257 e. The van der Waals surface area contributed by atoms with Gasteiger partial charge in [-0.1, -0.05) is 6.92 Å². The second-order valence-corrected chi connectivity index (χ2v) is 8.14. The molecule has 1 amide bonds. The fourth-order valence-corrected chi connectivity index (χ4v) is 4.54. The highest BCUT2D eigenvalue weighted by atomic mass is 19.1. The number of rotatable bonds is 4. The summed E-state index contributed by atoms with van der Waals surface area (Å²) in [6, 6.07) is 2.06. The third-order valence-electron chi connectivity index (χ3n) is 6.44. The van der Waals surface area contributed by atoms with Gasteiger partial charge in [-0.2, -0.15) is 10.4 Å². The number of hydrogen-bond acceptors (Lipinski definition) is 5. The van der Waals surface area contributed by atoms with Crippen LogP contribution in [0, 0.1) is 24.2 Å². The topological polar surface area (TPSA) is 108 Å². The number of fused-ring (bicyclic) bond motifs is 1. The van der Waals surface area contributed by atoms with Gasteiger partial charge in [0.1, 0.15) is 5.67 Å². The van der Waals surface area contributed by atoms with Crippen molar-refractivity contribution >= 4 is 5.91 Å². The van der Waals surface area contributed by atoms with Gasteiger partial charge in [-0.05, 0) is 32.6 Å². The summed E-state index contributed by atoms with van der Waals surface area (Å²) in [6.07, 6.45) is 4.63. The lowest BCUT2D eigenvalue weighted by Crippen LogP contribution is -2.47. The number of alkyl halides is 1. The van der Waals surface area contributed by atoms with Crippen LogP contribution in [0.4, 0.5) is 4.39 Å². The van der Waals surface area contributed by atoms with Crippen molar-refractivity contribution in [1.29, 1.82) is 5.26 Å². The number of halogens is 1. The molecule has 0 aromatic carbocycles. The number of aromatic amines is 1. The molecule has 0 spiro atoms. The number of amides is 1. The molecule has 158 valence electrons. The Bertz CT molecular complexity index is 1070. The lowest BCUT2D eigenvalue weighted by atomic mass is 9.80. The predicted molar refractivity (Wildman–Crippen MR) is 107 cm³/mol. The zero-order valence-corrected chi connectivity index (χ0v) is 17.2. The number of nitrogens with zero attached hydrogens (tertiary/aromatic N) is 5. The largest absolute Gasteiger partial charge is 0.338 e. The molecule has 0 saturated carbocycles. The first kappa shape index (κ1) is 20.3. The van der Waals surface area contributed by atoms with E-state index in [9.17, 15) is 14.9 Å². The molecule has 30 heavy (non-hydrogen) atoms. The first-order chi connectivity index (χ1) is 14.4. The molecular formula is C21H25FN6O2. The Balaban J connectivity index is 1.54. The van der Waals surface area contributed by atoms with Gasteiger partial charge >= 0.3 is 0 Å². The highest BCUT2D eigenvalue weighted by Crippen LogP contribution is 2.36. The lowest BCUT2D eigenvalue weighted by molar-refractivity contribution is 0.0228. The van der Waals surface area contributed by atoms with E-state index < -0.39 is 11.6 Å². The predicted octanol–water partition coefficient (Wildman–Crippen LogP) is 2.25. The van der Waals surface area contributed by atoms with E-state index in [0.29, 0.717) is 23.6 Å². The van der Waals surface area contributed by atoms with E-state index >= 15 is 4.39 Å². The van der Waals surface area contributed by atoms with Gasteiger partial charge in [0.05, 0.1) is 35.1 Å². The zero-order valence-electron chi connectivity index (χ0n) is 17.2. The van der Waals surface area contributed by atoms with E-state index in [1.54, 1.807) is 11.8 Å². The summed E-state index contributed by atoms with van der Waals surface area (Å²) in [5.41, 5.74) is 0.778. The number of piperidine rings is 1. The standard InChI is InChI=1S/C21H25FN6O2/c1-3-14(11-23)21(22)7-9-27(10-8-21)19(30)16-12-24-28(13(16)2)20-25-17-6-4-5-15(17)18(29)26-20/h12,14H,3-10H2,1-2H3,(H,25,26,29). The third-order valence-corrected chi connectivity index (χ3v) is 6.44. The zero-order chi connectivity index (χ0) is 21.5. The monoisotopic (exact) mass is 412 g/mol. The van der Waals surface area contributed by atoms with Crippen LogP contribution < -0.4 is 5.56 Å². The van der Waals surface area contributed by atoms with Crippen LogP contribution in [-0.4, -0.2) is 49.3 Å². The molecule has 0 radical (unpaired) electrons. The van der Waals surface area contributed by atoms with Gasteiger partial charge in [0, 0.05) is 31.5 Å². The second kappa shape index (κ2) is 7.67. The summed E-state index contributed by atoms with van der Waals surface area (Å²) in [5, 5.41) is 13.5. The third kappa shape index (κ3) is 3.30. The summed E-state index contributed by atoms with van der Waals surface area (Å²) < 4.78 is 16.6. The molecule has 1 fully saturated rings. The lowest BCUT2D eigenvalue weighted by Gasteiger charge is -2.38. The molecule has 4 rings (SSSR count). The maximum absolute atomic E-state index is 15.1. The Morgan fingerprint density at radius 3 is 2.80 bits per heavy atom. The number of aromatic nitrogens is 4. The van der Waals surface area contributed by atoms with Crippen molar-refractivity contribution in [3.63, 3.8) is 0 Å². The molecule has 2 aromatic rings. The normalized spacial score (nSPS) is 18.7. The highest BCUT2D eigenvalue weighted by Gasteiger charge is 2.42. The van der Waals surface area contributed by atoms with Gasteiger partial charge < -0.3 is 4.90 Å². The van der Waals surface area contributed by atoms with Crippen LogP contribution in [0.5, 0.6) is 0 Å². The Hall–Kier alpha value is -3.02. The van der Waals surface area contributed by atoms with Crippen LogP contribution in [0.1, 0.15) is 59.9 Å². The number of H-pyrrole nitrogens is 1. The van der Waals surface area contributed by atoms with Crippen LogP contribution in [0.15, 0.2) is 11.0 Å². The number of likely N-dealkylation sites (tertiary alicyclic amines) is 1. The van der Waals surface area contributed by atoms with Crippen LogP contribution in [0.25, 0.3) is 5.95 Å². The highest BCUT2D eigenvalue weighted by molar-refractivity contribution is 5.95. The van der Waals surface area contributed by atoms with Crippen LogP contribution in [0.2, 0.25) is 0 Å². The first-order valence-corrected chi connectivity index (χ1v) is 10.4. The summed E-state index contributed by atoms with van der Waals surface area (Å²) in [5.74, 6) is -0.574. The van der Waals surface area contributed by atoms with Crippen molar-refractivity contribution in [2.45, 2.75) is 58.0 Å². The molecule has 2 aliphatic rings. The quantitative estimate of drug-likeness (QED) is 0.829. The van der Waals surface area contributed by atoms with Gasteiger partial charge in [0.15, 0.2) is 0 Å². The Morgan fingerprint density at radius 2 is 2.13 bits per heavy atom. The second-order valence-electron chi connectivity index (χ2n) is 8.14. The van der Waals surface area contributed by atoms with Crippen LogP contribution >= 0.6 is 0 Å². The van der Waals surface area contributed by atoms with Crippen molar-refractivity contribution in [1.82, 2.24) is 24.6 Å². The van der Waals surface area contributed by atoms with E-state index in [1.807, 2.05) is 6.92 Å². The van der Waals surface area contributed by atoms with Gasteiger partial charge in [0.25, 0.3) is 11.5 Å². The number of aryl methyl sites for hydroxylation is 1. The van der Waals surface area contributed by atoms with E-state index in [2.05, 4.69) is 21.1 Å². The number of carbonyl (C=O) groups is 1. The van der Waals surface area contributed by atoms with E-state index in [1.165, 1.54) is 10.9 Å². The molecule has 0 bridgehead atoms. The average molecular weight is 412 g/mol. The summed E-state index contributed by atoms with van der Waals surface area (Å²) in [4.78, 5) is 34.2. The molecule has 1 atom stereocenters.